The lowest BCUT2D eigenvalue weighted by atomic mass is 9.88. The molecule has 3 saturated heterocycles. The van der Waals surface area contributed by atoms with Crippen LogP contribution in [0.3, 0.4) is 0 Å². The highest BCUT2D eigenvalue weighted by molar-refractivity contribution is 6.17. The van der Waals surface area contributed by atoms with Crippen LogP contribution in [0.2, 0.25) is 0 Å². The predicted octanol–water partition coefficient (Wildman–Crippen LogP) is 5.45. The van der Waals surface area contributed by atoms with Gasteiger partial charge in [0, 0.05) is 87.3 Å². The number of aryl methyl sites for hydroxylation is 1. The topological polar surface area (TPSA) is 182 Å². The lowest BCUT2D eigenvalue weighted by Crippen LogP contribution is -2.47. The van der Waals surface area contributed by atoms with Gasteiger partial charge in [0.25, 0.3) is 5.56 Å². The number of Topliss-reactive ketones (excluding diaryl/α,β-unsaturated/α-hetero) is 1. The number of nitrogens with zero attached hydrogens (tertiary/aromatic N) is 7. The van der Waals surface area contributed by atoms with Gasteiger partial charge in [0.2, 0.25) is 17.8 Å². The van der Waals surface area contributed by atoms with Crippen LogP contribution < -0.4 is 31.3 Å². The number of hydrogen-bond donors (Lipinski definition) is 4. The highest BCUT2D eigenvalue weighted by Gasteiger charge is 2.32. The summed E-state index contributed by atoms with van der Waals surface area (Å²) >= 11 is 0. The average molecular weight is 802 g/mol. The van der Waals surface area contributed by atoms with Gasteiger partial charge in [-0.15, -0.1) is 0 Å². The second-order valence-electron chi connectivity index (χ2n) is 16.6. The smallest absolute Gasteiger partial charge is 0.263 e. The Morgan fingerprint density at radius 2 is 1.63 bits per heavy atom. The summed E-state index contributed by atoms with van der Waals surface area (Å²) in [4.78, 5) is 71.5. The maximum Gasteiger partial charge on any atom is 0.263 e. The van der Waals surface area contributed by atoms with Crippen LogP contribution >= 0.6 is 0 Å². The summed E-state index contributed by atoms with van der Waals surface area (Å²) in [6.45, 7) is 10.2. The molecule has 59 heavy (non-hydrogen) atoms. The average Bonchev–Trinajstić information content (AvgIpc) is 3.78. The number of carbonyl (C=O) groups excluding carboxylic acids is 3. The molecule has 2 amide bonds. The van der Waals surface area contributed by atoms with E-state index in [0.29, 0.717) is 40.9 Å². The van der Waals surface area contributed by atoms with Crippen LogP contribution in [-0.2, 0) is 9.59 Å². The molecule has 6 heterocycles. The van der Waals surface area contributed by atoms with Crippen molar-refractivity contribution in [1.29, 1.82) is 5.41 Å². The molecule has 310 valence electrons. The van der Waals surface area contributed by atoms with Crippen molar-refractivity contribution in [3.05, 3.63) is 69.8 Å². The fourth-order valence-electron chi connectivity index (χ4n) is 9.47. The van der Waals surface area contributed by atoms with E-state index in [2.05, 4.69) is 53.8 Å². The number of benzene rings is 1. The summed E-state index contributed by atoms with van der Waals surface area (Å²) in [6, 6.07) is 10.1. The summed E-state index contributed by atoms with van der Waals surface area (Å²) in [5, 5.41) is 18.3. The molecule has 8 rings (SSSR count). The van der Waals surface area contributed by atoms with Crippen LogP contribution in [0.15, 0.2) is 47.5 Å². The fourth-order valence-corrected chi connectivity index (χ4v) is 9.47. The standard InChI is InChI=1S/C44H55N11O4/c1-27-35-26-48-44(51-41(35)55(30-6-4-5-7-30)43(59)39(27)28(2)56)49-37-12-9-32(25-47-37)54-22-20-52(21-23-54)17-14-29-15-18-53(19-16-29)31-8-10-33(36(24-31)46-3)40(45)34-11-13-38(57)50-42(34)58/h8-10,12,24-26,29-30,34,45-46H,4-7,11,13-23H2,1-3H3,(H,50,57,58)(H,47,48,49,51). The zero-order valence-electron chi connectivity index (χ0n) is 34.4. The first-order valence-corrected chi connectivity index (χ1v) is 21.2. The number of ketones is 1. The molecule has 1 aromatic carbocycles. The molecule has 3 aliphatic heterocycles. The van der Waals surface area contributed by atoms with E-state index >= 15 is 0 Å². The van der Waals surface area contributed by atoms with Gasteiger partial charge in [-0.05, 0) is 101 Å². The molecular formula is C44H55N11O4. The molecule has 3 aromatic heterocycles. The number of fused-ring (bicyclic) bond motifs is 1. The molecule has 15 nitrogen and oxygen atoms in total. The minimum absolute atomic E-state index is 0.0198. The van der Waals surface area contributed by atoms with Crippen LogP contribution in [-0.4, -0.2) is 101 Å². The number of imide groups is 1. The van der Waals surface area contributed by atoms with Gasteiger partial charge in [-0.1, -0.05) is 12.8 Å². The molecule has 15 heteroatoms. The summed E-state index contributed by atoms with van der Waals surface area (Å²) < 4.78 is 1.73. The van der Waals surface area contributed by atoms with Gasteiger partial charge in [-0.25, -0.2) is 9.97 Å². The van der Waals surface area contributed by atoms with Crippen LogP contribution in [0.25, 0.3) is 11.0 Å². The Morgan fingerprint density at radius 1 is 0.898 bits per heavy atom. The molecule has 1 unspecified atom stereocenters. The van der Waals surface area contributed by atoms with Gasteiger partial charge in [-0.2, -0.15) is 4.98 Å². The number of nitrogens with one attached hydrogen (secondary N) is 4. The molecule has 4 N–H and O–H groups in total. The maximum absolute atomic E-state index is 13.6. The van der Waals surface area contributed by atoms with E-state index in [9.17, 15) is 19.2 Å². The lowest BCUT2D eigenvalue weighted by Gasteiger charge is -2.38. The molecule has 4 aromatic rings. The minimum Gasteiger partial charge on any atom is -0.388 e. The Balaban J connectivity index is 0.810. The number of piperidine rings is 2. The van der Waals surface area contributed by atoms with Crippen molar-refractivity contribution in [3.8, 4) is 0 Å². The molecule has 1 saturated carbocycles. The molecule has 1 aliphatic carbocycles. The van der Waals surface area contributed by atoms with E-state index < -0.39 is 5.92 Å². The monoisotopic (exact) mass is 801 g/mol. The van der Waals surface area contributed by atoms with Crippen LogP contribution in [0.4, 0.5) is 28.8 Å². The van der Waals surface area contributed by atoms with Crippen LogP contribution in [0.1, 0.15) is 92.2 Å². The first-order chi connectivity index (χ1) is 28.6. The van der Waals surface area contributed by atoms with Crippen molar-refractivity contribution in [2.24, 2.45) is 11.8 Å². The molecule has 4 aliphatic rings. The largest absolute Gasteiger partial charge is 0.388 e. The van der Waals surface area contributed by atoms with Crippen molar-refractivity contribution >= 4 is 63.2 Å². The second kappa shape index (κ2) is 17.3. The Kier molecular flexibility index (Phi) is 11.7. The highest BCUT2D eigenvalue weighted by atomic mass is 16.2. The first kappa shape index (κ1) is 40.1. The number of aromatic nitrogens is 4. The Bertz CT molecular complexity index is 2300. The van der Waals surface area contributed by atoms with Crippen molar-refractivity contribution in [2.45, 2.75) is 77.7 Å². The number of anilines is 5. The SMILES string of the molecule is CNc1cc(N2CCC(CCN3CCN(c4ccc(Nc5ncc6c(C)c(C(C)=O)c(=O)n(C7CCCC7)c6n5)nc4)CC3)CC2)ccc1C(=N)C1CCC(=O)NC1=O. The van der Waals surface area contributed by atoms with Gasteiger partial charge in [-0.3, -0.25) is 34.0 Å². The van der Waals surface area contributed by atoms with Gasteiger partial charge in [0.05, 0.1) is 29.1 Å². The van der Waals surface area contributed by atoms with Crippen molar-refractivity contribution in [1.82, 2.24) is 29.7 Å². The first-order valence-electron chi connectivity index (χ1n) is 21.2. The fraction of sp³-hybridized carbons (Fsp3) is 0.500. The number of amides is 2. The summed E-state index contributed by atoms with van der Waals surface area (Å²) in [5.74, 6) is 0.159. The van der Waals surface area contributed by atoms with Crippen molar-refractivity contribution < 1.29 is 14.4 Å². The predicted molar refractivity (Wildman–Crippen MR) is 230 cm³/mol. The van der Waals surface area contributed by atoms with E-state index in [-0.39, 0.29) is 46.9 Å². The Morgan fingerprint density at radius 3 is 2.31 bits per heavy atom. The minimum atomic E-state index is -0.615. The van der Waals surface area contributed by atoms with E-state index in [1.54, 1.807) is 17.7 Å². The Hall–Kier alpha value is -5.70. The van der Waals surface area contributed by atoms with E-state index in [1.165, 1.54) is 13.3 Å². The van der Waals surface area contributed by atoms with Gasteiger partial charge < -0.3 is 25.8 Å². The molecule has 1 atom stereocenters. The Labute approximate surface area is 344 Å². The molecule has 0 bridgehead atoms. The van der Waals surface area contributed by atoms with Gasteiger partial charge in [0.15, 0.2) is 5.78 Å². The summed E-state index contributed by atoms with van der Waals surface area (Å²) in [7, 11) is 1.84. The van der Waals surface area contributed by atoms with E-state index in [0.717, 1.165) is 107 Å². The van der Waals surface area contributed by atoms with Crippen molar-refractivity contribution in [3.63, 3.8) is 0 Å². The summed E-state index contributed by atoms with van der Waals surface area (Å²) in [5.41, 5.74) is 5.11. The van der Waals surface area contributed by atoms with Gasteiger partial charge >= 0.3 is 0 Å². The number of carbonyl (C=O) groups is 3. The zero-order chi connectivity index (χ0) is 41.2. The van der Waals surface area contributed by atoms with E-state index in [4.69, 9.17) is 15.4 Å². The molecular weight excluding hydrogens is 747 g/mol. The maximum atomic E-state index is 13.6. The number of rotatable bonds is 12. The van der Waals surface area contributed by atoms with Crippen LogP contribution in [0, 0.1) is 24.2 Å². The van der Waals surface area contributed by atoms with Gasteiger partial charge in [0.1, 0.15) is 11.5 Å². The summed E-state index contributed by atoms with van der Waals surface area (Å²) in [6.07, 6.45) is 11.6. The third-order valence-corrected chi connectivity index (χ3v) is 13.0. The zero-order valence-corrected chi connectivity index (χ0v) is 34.4. The third-order valence-electron chi connectivity index (χ3n) is 13.0. The highest BCUT2D eigenvalue weighted by Crippen LogP contribution is 2.33. The lowest BCUT2D eigenvalue weighted by molar-refractivity contribution is -0.134. The quantitative estimate of drug-likeness (QED) is 0.0810. The molecule has 0 radical (unpaired) electrons. The van der Waals surface area contributed by atoms with E-state index in [1.807, 2.05) is 25.4 Å². The number of hydrogen-bond acceptors (Lipinski definition) is 13. The molecule has 4 fully saturated rings. The van der Waals surface area contributed by atoms with Crippen molar-refractivity contribution in [2.75, 3.05) is 73.3 Å². The third kappa shape index (κ3) is 8.43. The van der Waals surface area contributed by atoms with Crippen LogP contribution in [0.5, 0.6) is 0 Å². The number of pyridine rings is 2. The number of piperazine rings is 1. The normalized spacial score (nSPS) is 19.6. The second-order valence-corrected chi connectivity index (χ2v) is 16.6. The molecule has 0 spiro atoms.